The molecule has 22 heavy (non-hydrogen) atoms. The highest BCUT2D eigenvalue weighted by Crippen LogP contribution is 2.32. The number of phenols is 1. The molecule has 0 fully saturated rings. The van der Waals surface area contributed by atoms with E-state index in [9.17, 15) is 5.11 Å². The minimum Gasteiger partial charge on any atom is -0.508 e. The summed E-state index contributed by atoms with van der Waals surface area (Å²) in [7, 11) is 0. The monoisotopic (exact) mass is 310 g/mol. The predicted octanol–water partition coefficient (Wildman–Crippen LogP) is 4.32. The summed E-state index contributed by atoms with van der Waals surface area (Å²) in [6.07, 6.45) is 2.03. The van der Waals surface area contributed by atoms with Gasteiger partial charge in [-0.05, 0) is 49.4 Å². The number of thiazole rings is 1. The molecule has 0 spiro atoms. The summed E-state index contributed by atoms with van der Waals surface area (Å²) in [5, 5.41) is 9.38. The highest BCUT2D eigenvalue weighted by atomic mass is 32.1. The molecular formula is C17H14N2O2S. The average molecular weight is 310 g/mol. The molecule has 0 saturated carbocycles. The van der Waals surface area contributed by atoms with Gasteiger partial charge in [0.15, 0.2) is 4.96 Å². The minimum absolute atomic E-state index is 0.263. The van der Waals surface area contributed by atoms with Crippen LogP contribution in [0.25, 0.3) is 26.4 Å². The molecule has 2 aromatic carbocycles. The fourth-order valence-electron chi connectivity index (χ4n) is 2.51. The second kappa shape index (κ2) is 5.03. The van der Waals surface area contributed by atoms with E-state index in [4.69, 9.17) is 4.74 Å². The molecule has 1 N–H and O–H groups in total. The van der Waals surface area contributed by atoms with Crippen molar-refractivity contribution in [1.82, 2.24) is 9.38 Å². The van der Waals surface area contributed by atoms with Gasteiger partial charge in [0, 0.05) is 11.8 Å². The maximum atomic E-state index is 9.38. The summed E-state index contributed by atoms with van der Waals surface area (Å²) >= 11 is 1.64. The van der Waals surface area contributed by atoms with E-state index in [1.54, 1.807) is 23.5 Å². The van der Waals surface area contributed by atoms with Gasteiger partial charge in [-0.25, -0.2) is 4.98 Å². The smallest absolute Gasteiger partial charge is 0.195 e. The number of benzene rings is 2. The van der Waals surface area contributed by atoms with Gasteiger partial charge in [-0.3, -0.25) is 4.40 Å². The first kappa shape index (κ1) is 13.2. The normalized spacial score (nSPS) is 11.3. The lowest BCUT2D eigenvalue weighted by Crippen LogP contribution is -1.90. The van der Waals surface area contributed by atoms with Crippen LogP contribution in [-0.2, 0) is 0 Å². The number of aromatic hydroxyl groups is 1. The maximum absolute atomic E-state index is 9.38. The first-order valence-corrected chi connectivity index (χ1v) is 7.90. The summed E-state index contributed by atoms with van der Waals surface area (Å²) in [6, 6.07) is 13.2. The van der Waals surface area contributed by atoms with Crippen LogP contribution >= 0.6 is 11.3 Å². The molecule has 0 aliphatic carbocycles. The number of nitrogens with zero attached hydrogens (tertiary/aromatic N) is 2. The Labute approximate surface area is 131 Å². The maximum Gasteiger partial charge on any atom is 0.195 e. The lowest BCUT2D eigenvalue weighted by atomic mass is 10.2. The van der Waals surface area contributed by atoms with E-state index in [1.807, 2.05) is 31.3 Å². The average Bonchev–Trinajstić information content (AvgIpc) is 3.05. The summed E-state index contributed by atoms with van der Waals surface area (Å²) in [5.41, 5.74) is 3.02. The van der Waals surface area contributed by atoms with Crippen LogP contribution in [0.4, 0.5) is 0 Å². The largest absolute Gasteiger partial charge is 0.508 e. The van der Waals surface area contributed by atoms with Crippen molar-refractivity contribution in [1.29, 1.82) is 0 Å². The zero-order valence-corrected chi connectivity index (χ0v) is 12.8. The number of aromatic nitrogens is 2. The number of hydrogen-bond donors (Lipinski definition) is 1. The van der Waals surface area contributed by atoms with Gasteiger partial charge >= 0.3 is 0 Å². The van der Waals surface area contributed by atoms with E-state index in [-0.39, 0.29) is 5.75 Å². The van der Waals surface area contributed by atoms with E-state index in [0.717, 1.165) is 32.2 Å². The number of fused-ring (bicyclic) bond motifs is 3. The molecule has 2 aromatic heterocycles. The van der Waals surface area contributed by atoms with Crippen LogP contribution in [0.15, 0.2) is 48.7 Å². The number of phenolic OH excluding ortho intramolecular Hbond substituents is 1. The van der Waals surface area contributed by atoms with Gasteiger partial charge in [-0.1, -0.05) is 11.3 Å². The van der Waals surface area contributed by atoms with Crippen molar-refractivity contribution in [2.45, 2.75) is 6.92 Å². The Morgan fingerprint density at radius 2 is 2.00 bits per heavy atom. The van der Waals surface area contributed by atoms with Crippen molar-refractivity contribution >= 4 is 26.5 Å². The molecule has 110 valence electrons. The Morgan fingerprint density at radius 3 is 2.77 bits per heavy atom. The molecule has 0 unspecified atom stereocenters. The quantitative estimate of drug-likeness (QED) is 0.613. The molecule has 0 bridgehead atoms. The van der Waals surface area contributed by atoms with Crippen LogP contribution in [-0.4, -0.2) is 21.1 Å². The Morgan fingerprint density at radius 1 is 1.18 bits per heavy atom. The van der Waals surface area contributed by atoms with Gasteiger partial charge in [0.2, 0.25) is 0 Å². The lowest BCUT2D eigenvalue weighted by Gasteiger charge is -2.01. The predicted molar refractivity (Wildman–Crippen MR) is 88.8 cm³/mol. The fraction of sp³-hybridized carbons (Fsp3) is 0.118. The van der Waals surface area contributed by atoms with Crippen molar-refractivity contribution in [2.75, 3.05) is 6.61 Å². The summed E-state index contributed by atoms with van der Waals surface area (Å²) in [6.45, 7) is 2.65. The van der Waals surface area contributed by atoms with Crippen LogP contribution in [0.1, 0.15) is 6.92 Å². The first-order valence-electron chi connectivity index (χ1n) is 7.08. The van der Waals surface area contributed by atoms with Crippen LogP contribution in [0.5, 0.6) is 11.5 Å². The van der Waals surface area contributed by atoms with E-state index >= 15 is 0 Å². The SMILES string of the molecule is CCOc1ccc2c(c1)sc1nc(-c3ccc(O)cc3)cn12. The van der Waals surface area contributed by atoms with Crippen molar-refractivity contribution in [3.8, 4) is 22.8 Å². The van der Waals surface area contributed by atoms with E-state index in [0.29, 0.717) is 6.61 Å². The molecule has 0 saturated heterocycles. The first-order chi connectivity index (χ1) is 10.7. The van der Waals surface area contributed by atoms with Gasteiger partial charge in [0.25, 0.3) is 0 Å². The highest BCUT2D eigenvalue weighted by Gasteiger charge is 2.11. The third kappa shape index (κ3) is 2.10. The number of imidazole rings is 1. The second-order valence-electron chi connectivity index (χ2n) is 4.99. The van der Waals surface area contributed by atoms with E-state index in [1.165, 1.54) is 0 Å². The molecule has 0 aliphatic heterocycles. The molecule has 0 radical (unpaired) electrons. The van der Waals surface area contributed by atoms with Crippen LogP contribution < -0.4 is 4.74 Å². The highest BCUT2D eigenvalue weighted by molar-refractivity contribution is 7.23. The van der Waals surface area contributed by atoms with Crippen LogP contribution in [0.3, 0.4) is 0 Å². The third-order valence-corrected chi connectivity index (χ3v) is 4.56. The molecule has 2 heterocycles. The van der Waals surface area contributed by atoms with Crippen molar-refractivity contribution in [2.24, 2.45) is 0 Å². The van der Waals surface area contributed by atoms with Crippen LogP contribution in [0, 0.1) is 0 Å². The van der Waals surface area contributed by atoms with Gasteiger partial charge < -0.3 is 9.84 Å². The number of rotatable bonds is 3. The van der Waals surface area contributed by atoms with Crippen molar-refractivity contribution < 1.29 is 9.84 Å². The van der Waals surface area contributed by atoms with Crippen molar-refractivity contribution in [3.63, 3.8) is 0 Å². The van der Waals surface area contributed by atoms with E-state index in [2.05, 4.69) is 21.5 Å². The molecule has 4 rings (SSSR count). The Balaban J connectivity index is 1.83. The molecule has 5 heteroatoms. The molecule has 0 atom stereocenters. The number of ether oxygens (including phenoxy) is 1. The minimum atomic E-state index is 0.263. The lowest BCUT2D eigenvalue weighted by molar-refractivity contribution is 0.341. The second-order valence-corrected chi connectivity index (χ2v) is 6.00. The van der Waals surface area contributed by atoms with E-state index < -0.39 is 0 Å². The Bertz CT molecular complexity index is 954. The zero-order valence-electron chi connectivity index (χ0n) is 12.0. The summed E-state index contributed by atoms with van der Waals surface area (Å²) in [4.78, 5) is 5.64. The molecule has 4 aromatic rings. The fourth-order valence-corrected chi connectivity index (χ4v) is 3.55. The topological polar surface area (TPSA) is 46.8 Å². The Hall–Kier alpha value is -2.53. The standard InChI is InChI=1S/C17H14N2O2S/c1-2-21-13-7-8-15-16(9-13)22-17-18-14(10-19(15)17)11-3-5-12(20)6-4-11/h3-10,20H,2H2,1H3. The molecule has 0 aliphatic rings. The van der Waals surface area contributed by atoms with Gasteiger partial charge in [-0.2, -0.15) is 0 Å². The van der Waals surface area contributed by atoms with Gasteiger partial charge in [-0.15, -0.1) is 0 Å². The zero-order chi connectivity index (χ0) is 15.1. The van der Waals surface area contributed by atoms with Crippen molar-refractivity contribution in [3.05, 3.63) is 48.7 Å². The number of hydrogen-bond acceptors (Lipinski definition) is 4. The molecule has 4 nitrogen and oxygen atoms in total. The molecular weight excluding hydrogens is 296 g/mol. The molecule has 0 amide bonds. The summed E-state index contributed by atoms with van der Waals surface area (Å²) < 4.78 is 8.80. The van der Waals surface area contributed by atoms with Gasteiger partial charge in [0.05, 0.1) is 22.5 Å². The van der Waals surface area contributed by atoms with Crippen LogP contribution in [0.2, 0.25) is 0 Å². The van der Waals surface area contributed by atoms with Gasteiger partial charge in [0.1, 0.15) is 11.5 Å². The Kier molecular flexibility index (Phi) is 3.01. The summed E-state index contributed by atoms with van der Waals surface area (Å²) in [5.74, 6) is 1.15. The third-order valence-electron chi connectivity index (χ3n) is 3.54.